The molecule has 0 spiro atoms. The van der Waals surface area contributed by atoms with Gasteiger partial charge in [0, 0.05) is 55.1 Å². The minimum atomic E-state index is -0.577. The molecule has 0 radical (unpaired) electrons. The van der Waals surface area contributed by atoms with Crippen molar-refractivity contribution < 1.29 is 8.78 Å². The number of likely N-dealkylation sites (tertiary alicyclic amines) is 1. The Morgan fingerprint density at radius 2 is 1.90 bits per heavy atom. The molecule has 4 atom stereocenters. The molecule has 1 aromatic heterocycles. The summed E-state index contributed by atoms with van der Waals surface area (Å²) in [6, 6.07) is 5.57. The van der Waals surface area contributed by atoms with E-state index in [2.05, 4.69) is 43.4 Å². The van der Waals surface area contributed by atoms with Crippen molar-refractivity contribution in [1.29, 1.82) is 5.26 Å². The topological polar surface area (TPSA) is 84.8 Å². The van der Waals surface area contributed by atoms with E-state index in [1.807, 2.05) is 17.1 Å². The average Bonchev–Trinajstić information content (AvgIpc) is 3.64. The van der Waals surface area contributed by atoms with Gasteiger partial charge in [0.15, 0.2) is 0 Å². The molecule has 7 rings (SSSR count). The third-order valence-corrected chi connectivity index (χ3v) is 9.71. The van der Waals surface area contributed by atoms with E-state index >= 15 is 0 Å². The van der Waals surface area contributed by atoms with Crippen LogP contribution in [0.4, 0.5) is 8.78 Å². The van der Waals surface area contributed by atoms with Gasteiger partial charge in [-0.15, -0.1) is 0 Å². The molecule has 39 heavy (non-hydrogen) atoms. The van der Waals surface area contributed by atoms with Crippen LogP contribution in [0.1, 0.15) is 49.3 Å². The number of amidine groups is 1. The smallest absolute Gasteiger partial charge is 0.142 e. The average molecular weight is 551 g/mol. The summed E-state index contributed by atoms with van der Waals surface area (Å²) >= 11 is 6.14. The Labute approximate surface area is 230 Å². The van der Waals surface area contributed by atoms with E-state index in [1.54, 1.807) is 6.34 Å². The molecule has 0 aliphatic carbocycles. The molecule has 3 fully saturated rings. The van der Waals surface area contributed by atoms with Crippen LogP contribution in [0.2, 0.25) is 5.02 Å². The molecular weight excluding hydrogens is 522 g/mol. The summed E-state index contributed by atoms with van der Waals surface area (Å²) < 4.78 is 30.5. The second kappa shape index (κ2) is 9.51. The highest BCUT2D eigenvalue weighted by Gasteiger charge is 2.51. The summed E-state index contributed by atoms with van der Waals surface area (Å²) in [5.74, 6) is -0.0542. The number of nitriles is 1. The van der Waals surface area contributed by atoms with Gasteiger partial charge < -0.3 is 5.32 Å². The molecule has 2 aromatic rings. The third kappa shape index (κ3) is 4.10. The van der Waals surface area contributed by atoms with E-state index in [0.29, 0.717) is 31.1 Å². The SMILES string of the molecule is N#CCC1(n2cc(C3N=CN=C4NC=CC43)cn2)CN(C2CC3CCC(C2)N3Cc2c(F)ccc(F)c2Cl)C1. The highest BCUT2D eigenvalue weighted by molar-refractivity contribution is 6.31. The van der Waals surface area contributed by atoms with Crippen LogP contribution in [0.15, 0.2) is 46.8 Å². The van der Waals surface area contributed by atoms with Crippen LogP contribution in [-0.4, -0.2) is 63.0 Å². The Morgan fingerprint density at radius 1 is 1.13 bits per heavy atom. The van der Waals surface area contributed by atoms with Gasteiger partial charge in [0.25, 0.3) is 0 Å². The number of piperidine rings is 1. The lowest BCUT2D eigenvalue weighted by Gasteiger charge is -2.55. The summed E-state index contributed by atoms with van der Waals surface area (Å²) in [5.41, 5.74) is 0.908. The van der Waals surface area contributed by atoms with Gasteiger partial charge >= 0.3 is 0 Å². The zero-order chi connectivity index (χ0) is 26.7. The molecule has 1 N–H and O–H groups in total. The number of hydrogen-bond donors (Lipinski definition) is 1. The van der Waals surface area contributed by atoms with Crippen molar-refractivity contribution in [3.05, 3.63) is 64.6 Å². The van der Waals surface area contributed by atoms with Crippen molar-refractivity contribution in [2.75, 3.05) is 13.1 Å². The first-order valence-corrected chi connectivity index (χ1v) is 13.9. The van der Waals surface area contributed by atoms with Gasteiger partial charge in [0.2, 0.25) is 0 Å². The van der Waals surface area contributed by atoms with Crippen molar-refractivity contribution in [3.8, 4) is 6.07 Å². The van der Waals surface area contributed by atoms with Gasteiger partial charge in [0.1, 0.15) is 29.3 Å². The number of benzene rings is 1. The zero-order valence-corrected chi connectivity index (χ0v) is 22.1. The lowest BCUT2D eigenvalue weighted by molar-refractivity contribution is -0.0560. The van der Waals surface area contributed by atoms with Crippen LogP contribution >= 0.6 is 11.6 Å². The maximum Gasteiger partial charge on any atom is 0.142 e. The summed E-state index contributed by atoms with van der Waals surface area (Å²) in [7, 11) is 0. The van der Waals surface area contributed by atoms with Crippen LogP contribution in [0.25, 0.3) is 0 Å². The molecule has 202 valence electrons. The lowest BCUT2D eigenvalue weighted by Crippen LogP contribution is -2.67. The summed E-state index contributed by atoms with van der Waals surface area (Å²) in [6.45, 7) is 1.87. The van der Waals surface area contributed by atoms with Crippen LogP contribution in [0.3, 0.4) is 0 Å². The Morgan fingerprint density at radius 3 is 2.67 bits per heavy atom. The third-order valence-electron chi connectivity index (χ3n) is 9.30. The van der Waals surface area contributed by atoms with Gasteiger partial charge in [-0.2, -0.15) is 10.4 Å². The second-order valence-corrected chi connectivity index (χ2v) is 11.8. The predicted molar refractivity (Wildman–Crippen MR) is 143 cm³/mol. The molecule has 11 heteroatoms. The van der Waals surface area contributed by atoms with E-state index in [4.69, 9.17) is 16.7 Å². The summed E-state index contributed by atoms with van der Waals surface area (Å²) in [4.78, 5) is 13.7. The highest BCUT2D eigenvalue weighted by atomic mass is 35.5. The Bertz CT molecular complexity index is 1410. The summed E-state index contributed by atoms with van der Waals surface area (Å²) in [6.07, 6.45) is 13.9. The maximum absolute atomic E-state index is 14.5. The normalized spacial score (nSPS) is 30.9. The standard InChI is InChI=1S/C28H29ClF2N8/c29-25-22(23(30)3-4-24(25)31)13-38-18-1-2-19(38)10-20(9-18)37-14-28(15-37,6-7-32)39-12-17(11-36-39)26-21-5-8-33-27(21)35-16-34-26/h3-5,8,11-12,16,18-21,26H,1-2,6,9-10,13-15H2,(H,33,34,35). The van der Waals surface area contributed by atoms with Crippen LogP contribution < -0.4 is 5.32 Å². The molecule has 5 aliphatic rings. The predicted octanol–water partition coefficient (Wildman–Crippen LogP) is 4.15. The second-order valence-electron chi connectivity index (χ2n) is 11.4. The molecule has 0 saturated carbocycles. The van der Waals surface area contributed by atoms with Gasteiger partial charge in [-0.05, 0) is 44.0 Å². The van der Waals surface area contributed by atoms with Gasteiger partial charge in [0.05, 0.1) is 35.7 Å². The zero-order valence-electron chi connectivity index (χ0n) is 21.3. The Kier molecular flexibility index (Phi) is 6.06. The van der Waals surface area contributed by atoms with Crippen LogP contribution in [0, 0.1) is 28.9 Å². The van der Waals surface area contributed by atoms with Crippen LogP contribution in [0.5, 0.6) is 0 Å². The first kappa shape index (κ1) is 24.9. The minimum Gasteiger partial charge on any atom is -0.350 e. The molecule has 8 nitrogen and oxygen atoms in total. The lowest BCUT2D eigenvalue weighted by atomic mass is 9.82. The largest absolute Gasteiger partial charge is 0.350 e. The molecule has 6 heterocycles. The van der Waals surface area contributed by atoms with Crippen molar-refractivity contribution in [2.45, 2.75) is 68.4 Å². The quantitative estimate of drug-likeness (QED) is 0.546. The number of nitrogens with zero attached hydrogens (tertiary/aromatic N) is 7. The van der Waals surface area contributed by atoms with Crippen molar-refractivity contribution in [3.63, 3.8) is 0 Å². The van der Waals surface area contributed by atoms with E-state index in [-0.39, 0.29) is 28.1 Å². The van der Waals surface area contributed by atoms with Crippen molar-refractivity contribution >= 4 is 23.8 Å². The van der Waals surface area contributed by atoms with E-state index in [0.717, 1.165) is 62.3 Å². The monoisotopic (exact) mass is 550 g/mol. The first-order valence-electron chi connectivity index (χ1n) is 13.5. The molecular formula is C28H29ClF2N8. The minimum absolute atomic E-state index is 0.0776. The number of hydrogen-bond acceptors (Lipinski definition) is 7. The Hall–Kier alpha value is -3.13. The number of fused-ring (bicyclic) bond motifs is 3. The molecule has 2 bridgehead atoms. The number of aliphatic imine (C=N–C) groups is 2. The Balaban J connectivity index is 1.04. The molecule has 1 aromatic carbocycles. The van der Waals surface area contributed by atoms with E-state index < -0.39 is 11.6 Å². The number of halogens is 3. The number of nitrogens with one attached hydrogen (secondary N) is 1. The van der Waals surface area contributed by atoms with Gasteiger partial charge in [-0.3, -0.25) is 19.5 Å². The van der Waals surface area contributed by atoms with E-state index in [1.165, 1.54) is 0 Å². The van der Waals surface area contributed by atoms with Crippen molar-refractivity contribution in [2.24, 2.45) is 15.9 Å². The molecule has 3 saturated heterocycles. The number of aromatic nitrogens is 2. The number of rotatable bonds is 6. The maximum atomic E-state index is 14.5. The molecule has 4 unspecified atom stereocenters. The fourth-order valence-electron chi connectivity index (χ4n) is 7.26. The highest BCUT2D eigenvalue weighted by Crippen LogP contribution is 2.44. The van der Waals surface area contributed by atoms with Gasteiger partial charge in [-0.1, -0.05) is 17.7 Å². The molecule has 0 amide bonds. The van der Waals surface area contributed by atoms with Crippen LogP contribution in [-0.2, 0) is 12.1 Å². The molecule has 5 aliphatic heterocycles. The summed E-state index contributed by atoms with van der Waals surface area (Å²) in [5, 5.41) is 17.5. The first-order chi connectivity index (χ1) is 19.0. The van der Waals surface area contributed by atoms with Gasteiger partial charge in [-0.25, -0.2) is 13.8 Å². The van der Waals surface area contributed by atoms with Crippen molar-refractivity contribution in [1.82, 2.24) is 24.9 Å². The fourth-order valence-corrected chi connectivity index (χ4v) is 7.47. The fraction of sp³-hybridized carbons (Fsp3) is 0.500. The van der Waals surface area contributed by atoms with E-state index in [9.17, 15) is 14.0 Å².